The summed E-state index contributed by atoms with van der Waals surface area (Å²) >= 11 is -5.49. The minimum Gasteiger partial charge on any atom is 1.00 e. The average molecular weight is 317 g/mol. The van der Waals surface area contributed by atoms with Crippen molar-refractivity contribution < 1.29 is 75.8 Å². The van der Waals surface area contributed by atoms with Gasteiger partial charge in [-0.15, -0.1) is 0 Å². The second-order valence-electron chi connectivity index (χ2n) is 3.22. The summed E-state index contributed by atoms with van der Waals surface area (Å²) in [6.07, 6.45) is 0. The van der Waals surface area contributed by atoms with E-state index < -0.39 is 18.5 Å². The van der Waals surface area contributed by atoms with E-state index in [2.05, 4.69) is 0 Å². The van der Waals surface area contributed by atoms with Gasteiger partial charge in [0.25, 0.3) is 0 Å². The Morgan fingerprint density at radius 3 is 2.12 bits per heavy atom. The summed E-state index contributed by atoms with van der Waals surface area (Å²) in [6.45, 7) is 2.86. The summed E-state index contributed by atoms with van der Waals surface area (Å²) in [5.74, 6) is -0.218. The van der Waals surface area contributed by atoms with Gasteiger partial charge >= 0.3 is 149 Å². The molecule has 8 heteroatoms. The summed E-state index contributed by atoms with van der Waals surface area (Å²) in [5.41, 5.74) is 6.06. The number of nitrogen functional groups attached to an aromatic ring is 1. The van der Waals surface area contributed by atoms with Gasteiger partial charge in [-0.05, 0) is 0 Å². The molecule has 1 rings (SSSR count). The predicted octanol–water partition coefficient (Wildman–Crippen LogP) is -7.92. The van der Waals surface area contributed by atoms with Crippen molar-refractivity contribution in [2.75, 3.05) is 5.73 Å². The van der Waals surface area contributed by atoms with Gasteiger partial charge < -0.3 is 0 Å². The molecule has 0 heterocycles. The summed E-state index contributed by atoms with van der Waals surface area (Å²) in [5, 5.41) is 0. The molecule has 0 aliphatic rings. The minimum atomic E-state index is -5.49. The molecular formula is C9H10AsNNa2O4. The third-order valence-corrected chi connectivity index (χ3v) is 4.22. The third kappa shape index (κ3) is 4.86. The first-order chi connectivity index (χ1) is 6.75. The molecule has 0 unspecified atom stereocenters. The van der Waals surface area contributed by atoms with Gasteiger partial charge in [0.05, 0.1) is 0 Å². The van der Waals surface area contributed by atoms with Crippen LogP contribution in [0.1, 0.15) is 22.8 Å². The van der Waals surface area contributed by atoms with Crippen LogP contribution in [0.25, 0.3) is 0 Å². The Bertz CT molecular complexity index is 472. The molecular weight excluding hydrogens is 307 g/mol. The van der Waals surface area contributed by atoms with Crippen LogP contribution in [0.5, 0.6) is 0 Å². The van der Waals surface area contributed by atoms with E-state index in [0.717, 1.165) is 6.07 Å². The van der Waals surface area contributed by atoms with Crippen LogP contribution in [0, 0.1) is 6.92 Å². The average Bonchev–Trinajstić information content (AvgIpc) is 2.06. The molecule has 17 heavy (non-hydrogen) atoms. The SMILES string of the molecule is CC(=O)c1ccc([As](=O)([O-])[O-])c(N)c1C.[Na+].[Na+]. The number of rotatable bonds is 2. The Balaban J connectivity index is 0. The maximum Gasteiger partial charge on any atom is 1.00 e. The van der Waals surface area contributed by atoms with E-state index >= 15 is 0 Å². The molecule has 0 spiro atoms. The fourth-order valence-electron chi connectivity index (χ4n) is 1.33. The van der Waals surface area contributed by atoms with Crippen molar-refractivity contribution in [3.63, 3.8) is 0 Å². The molecule has 0 fully saturated rings. The number of hydrogen-bond acceptors (Lipinski definition) is 5. The zero-order valence-electron chi connectivity index (χ0n) is 10.3. The van der Waals surface area contributed by atoms with E-state index in [4.69, 9.17) is 5.73 Å². The van der Waals surface area contributed by atoms with Crippen LogP contribution in [0.15, 0.2) is 12.1 Å². The zero-order valence-corrected chi connectivity index (χ0v) is 16.2. The van der Waals surface area contributed by atoms with Crippen molar-refractivity contribution in [2.45, 2.75) is 13.8 Å². The van der Waals surface area contributed by atoms with Crippen molar-refractivity contribution in [2.24, 2.45) is 0 Å². The molecule has 1 aromatic rings. The smallest absolute Gasteiger partial charge is 1.00 e. The first-order valence-corrected chi connectivity index (χ1v) is 7.41. The molecule has 0 atom stereocenters. The largest absolute Gasteiger partial charge is 1.00 e. The standard InChI is InChI=1S/C9H12AsNO4.2Na/c1-5-7(6(2)12)3-4-8(9(5)11)10(13,14)15;;/h3-4H,11H2,1-2H3,(H2,13,14,15);;/q;2*+1/p-2. The maximum atomic E-state index is 11.1. The number of benzene rings is 1. The fraction of sp³-hybridized carbons (Fsp3) is 0.222. The van der Waals surface area contributed by atoms with Gasteiger partial charge in [-0.3, -0.25) is 0 Å². The number of Topliss-reactive ketones (excluding diaryl/α,β-unsaturated/α-hetero) is 1. The number of nitrogens with two attached hydrogens (primary N) is 1. The van der Waals surface area contributed by atoms with Gasteiger partial charge in [0, 0.05) is 0 Å². The minimum absolute atomic E-state index is 0. The van der Waals surface area contributed by atoms with Gasteiger partial charge in [-0.25, -0.2) is 0 Å². The Hall–Kier alpha value is 0.968. The molecule has 1 aromatic carbocycles. The van der Waals surface area contributed by atoms with E-state index in [1.54, 1.807) is 0 Å². The molecule has 0 aliphatic carbocycles. The molecule has 82 valence electrons. The van der Waals surface area contributed by atoms with Gasteiger partial charge in [0.15, 0.2) is 0 Å². The first kappa shape index (κ1) is 20.3. The fourth-order valence-corrected chi connectivity index (χ4v) is 2.84. The number of carbonyl (C=O) groups excluding carboxylic acids is 1. The molecule has 0 amide bonds. The molecule has 0 aliphatic heterocycles. The van der Waals surface area contributed by atoms with Gasteiger partial charge in [-0.2, -0.15) is 0 Å². The molecule has 0 saturated heterocycles. The second-order valence-corrected chi connectivity index (χ2v) is 6.32. The number of carbonyl (C=O) groups is 1. The van der Waals surface area contributed by atoms with Gasteiger partial charge in [0.2, 0.25) is 0 Å². The Morgan fingerprint density at radius 2 is 1.76 bits per heavy atom. The van der Waals surface area contributed by atoms with Crippen LogP contribution in [0.3, 0.4) is 0 Å². The molecule has 2 N–H and O–H groups in total. The van der Waals surface area contributed by atoms with Crippen molar-refractivity contribution in [3.8, 4) is 0 Å². The summed E-state index contributed by atoms with van der Waals surface area (Å²) in [4.78, 5) is 11.1. The van der Waals surface area contributed by atoms with E-state index in [-0.39, 0.29) is 70.6 Å². The third-order valence-electron chi connectivity index (χ3n) is 2.17. The number of anilines is 1. The number of hydrogen-bond donors (Lipinski definition) is 1. The molecule has 0 aromatic heterocycles. The zero-order chi connectivity index (χ0) is 11.8. The number of ketones is 1. The van der Waals surface area contributed by atoms with Crippen molar-refractivity contribution in [1.82, 2.24) is 0 Å². The van der Waals surface area contributed by atoms with Crippen LogP contribution in [-0.4, -0.2) is 20.0 Å². The Labute approximate surface area is 147 Å². The molecule has 0 radical (unpaired) electrons. The second kappa shape index (κ2) is 7.53. The van der Waals surface area contributed by atoms with Crippen LogP contribution in [0.2, 0.25) is 0 Å². The summed E-state index contributed by atoms with van der Waals surface area (Å²) < 4.78 is 32.2. The first-order valence-electron chi connectivity index (χ1n) is 4.17. The van der Waals surface area contributed by atoms with E-state index in [0.29, 0.717) is 11.1 Å². The van der Waals surface area contributed by atoms with Crippen LogP contribution in [0.4, 0.5) is 5.69 Å². The van der Waals surface area contributed by atoms with Gasteiger partial charge in [-0.1, -0.05) is 0 Å². The molecule has 0 saturated carbocycles. The van der Waals surface area contributed by atoms with E-state index in [1.165, 1.54) is 19.9 Å². The van der Waals surface area contributed by atoms with E-state index in [1.807, 2.05) is 0 Å². The normalized spacial score (nSPS) is 10.1. The summed E-state index contributed by atoms with van der Waals surface area (Å²) in [6, 6.07) is 2.41. The quantitative estimate of drug-likeness (QED) is 0.331. The maximum absolute atomic E-state index is 11.1. The van der Waals surface area contributed by atoms with Crippen molar-refractivity contribution >= 4 is 30.0 Å². The van der Waals surface area contributed by atoms with Crippen LogP contribution in [-0.2, 0) is 3.74 Å². The van der Waals surface area contributed by atoms with Crippen molar-refractivity contribution in [3.05, 3.63) is 23.3 Å². The van der Waals surface area contributed by atoms with E-state index in [9.17, 15) is 16.7 Å². The Morgan fingerprint density at radius 1 is 1.29 bits per heavy atom. The predicted molar refractivity (Wildman–Crippen MR) is 51.7 cm³/mol. The monoisotopic (exact) mass is 317 g/mol. The topological polar surface area (TPSA) is 106 Å². The Kier molecular flexibility index (Phi) is 8.99. The molecule has 5 nitrogen and oxygen atoms in total. The van der Waals surface area contributed by atoms with Crippen LogP contribution < -0.4 is 77.4 Å². The van der Waals surface area contributed by atoms with Crippen LogP contribution >= 0.6 is 0 Å². The summed E-state index contributed by atoms with van der Waals surface area (Å²) in [7, 11) is 0. The molecule has 0 bridgehead atoms. The van der Waals surface area contributed by atoms with Gasteiger partial charge in [0.1, 0.15) is 0 Å². The van der Waals surface area contributed by atoms with Crippen molar-refractivity contribution in [1.29, 1.82) is 0 Å².